The van der Waals surface area contributed by atoms with Gasteiger partial charge >= 0.3 is 0 Å². The Morgan fingerprint density at radius 3 is 2.17 bits per heavy atom. The number of nitrogens with zero attached hydrogens (tertiary/aromatic N) is 1. The summed E-state index contributed by atoms with van der Waals surface area (Å²) >= 11 is 0. The highest BCUT2D eigenvalue weighted by Gasteiger charge is 2.33. The van der Waals surface area contributed by atoms with E-state index < -0.39 is 18.2 Å². The molecule has 1 heterocycles. The highest BCUT2D eigenvalue weighted by Crippen LogP contribution is 2.20. The zero-order valence-electron chi connectivity index (χ0n) is 18.0. The minimum Gasteiger partial charge on any atom is -0.467 e. The summed E-state index contributed by atoms with van der Waals surface area (Å²) in [6.07, 6.45) is 17.0. The third kappa shape index (κ3) is 8.71. The van der Waals surface area contributed by atoms with Crippen LogP contribution >= 0.6 is 0 Å². The van der Waals surface area contributed by atoms with Gasteiger partial charge in [-0.2, -0.15) is 0 Å². The molecule has 0 aliphatic carbocycles. The van der Waals surface area contributed by atoms with Gasteiger partial charge in [0, 0.05) is 5.56 Å². The summed E-state index contributed by atoms with van der Waals surface area (Å²) in [6, 6.07) is 9.10. The standard InChI is InChI=1S/C25H39NO3/c1-2-3-4-5-6-7-8-9-10-11-12-16-19-23-24(28)22(20-27)26-25(29-23)21-17-14-13-15-18-21/h13-19,22-24,27-28H,2-12,20H2,1H3/b19-16+/t22-,23+,24+/m0/s1. The van der Waals surface area contributed by atoms with Crippen molar-refractivity contribution in [3.63, 3.8) is 0 Å². The second-order valence-electron chi connectivity index (χ2n) is 8.02. The summed E-state index contributed by atoms with van der Waals surface area (Å²) in [7, 11) is 0. The van der Waals surface area contributed by atoms with E-state index in [1.165, 1.54) is 57.8 Å². The monoisotopic (exact) mass is 401 g/mol. The molecule has 4 heteroatoms. The minimum atomic E-state index is -0.823. The van der Waals surface area contributed by atoms with Crippen LogP contribution in [0.3, 0.4) is 0 Å². The summed E-state index contributed by atoms with van der Waals surface area (Å²) in [5.74, 6) is 0.489. The van der Waals surface area contributed by atoms with E-state index in [9.17, 15) is 10.2 Å². The Bertz CT molecular complexity index is 599. The maximum Gasteiger partial charge on any atom is 0.217 e. The molecule has 0 radical (unpaired) electrons. The van der Waals surface area contributed by atoms with Crippen LogP contribution in [-0.2, 0) is 4.74 Å². The van der Waals surface area contributed by atoms with Crippen LogP contribution in [0.25, 0.3) is 0 Å². The lowest BCUT2D eigenvalue weighted by Gasteiger charge is -2.31. The van der Waals surface area contributed by atoms with Crippen molar-refractivity contribution in [2.75, 3.05) is 6.61 Å². The molecule has 0 spiro atoms. The lowest BCUT2D eigenvalue weighted by Crippen LogP contribution is -2.45. The van der Waals surface area contributed by atoms with Crippen LogP contribution in [0.2, 0.25) is 0 Å². The van der Waals surface area contributed by atoms with Crippen molar-refractivity contribution in [1.82, 2.24) is 0 Å². The number of aliphatic imine (C=N–C) groups is 1. The van der Waals surface area contributed by atoms with Gasteiger partial charge in [-0.05, 0) is 31.1 Å². The van der Waals surface area contributed by atoms with Gasteiger partial charge in [0.2, 0.25) is 5.90 Å². The zero-order chi connectivity index (χ0) is 20.7. The molecule has 1 aromatic rings. The molecule has 0 aromatic heterocycles. The van der Waals surface area contributed by atoms with Crippen molar-refractivity contribution in [1.29, 1.82) is 0 Å². The first kappa shape index (κ1) is 23.6. The normalized spacial score (nSPS) is 21.9. The molecule has 4 nitrogen and oxygen atoms in total. The third-order valence-corrected chi connectivity index (χ3v) is 5.52. The van der Waals surface area contributed by atoms with E-state index in [1.807, 2.05) is 36.4 Å². The molecular formula is C25H39NO3. The van der Waals surface area contributed by atoms with E-state index in [1.54, 1.807) is 0 Å². The predicted octanol–water partition coefficient (Wildman–Crippen LogP) is 5.42. The number of benzene rings is 1. The molecule has 0 bridgehead atoms. The van der Waals surface area contributed by atoms with Gasteiger partial charge in [-0.15, -0.1) is 0 Å². The topological polar surface area (TPSA) is 62.0 Å². The number of aliphatic hydroxyl groups excluding tert-OH is 2. The van der Waals surface area contributed by atoms with Crippen molar-refractivity contribution in [3.8, 4) is 0 Å². The van der Waals surface area contributed by atoms with Crippen molar-refractivity contribution in [2.45, 2.75) is 95.8 Å². The van der Waals surface area contributed by atoms with Crippen LogP contribution in [0.1, 0.15) is 83.1 Å². The first-order valence-electron chi connectivity index (χ1n) is 11.5. The van der Waals surface area contributed by atoms with Crippen LogP contribution in [0, 0.1) is 0 Å². The van der Waals surface area contributed by atoms with E-state index in [0.29, 0.717) is 5.90 Å². The molecular weight excluding hydrogens is 362 g/mol. The second kappa shape index (κ2) is 14.4. The number of hydrogen-bond donors (Lipinski definition) is 2. The van der Waals surface area contributed by atoms with Gasteiger partial charge in [0.05, 0.1) is 6.61 Å². The maximum atomic E-state index is 10.4. The summed E-state index contributed by atoms with van der Waals surface area (Å²) in [6.45, 7) is 2.07. The number of ether oxygens (including phenoxy) is 1. The Morgan fingerprint density at radius 1 is 0.931 bits per heavy atom. The molecule has 0 fully saturated rings. The highest BCUT2D eigenvalue weighted by molar-refractivity contribution is 5.94. The van der Waals surface area contributed by atoms with Crippen LogP contribution in [0.15, 0.2) is 47.5 Å². The number of unbranched alkanes of at least 4 members (excludes halogenated alkanes) is 10. The van der Waals surface area contributed by atoms with Gasteiger partial charge in [-0.25, -0.2) is 4.99 Å². The Labute approximate surface area is 176 Å². The second-order valence-corrected chi connectivity index (χ2v) is 8.02. The smallest absolute Gasteiger partial charge is 0.217 e. The van der Waals surface area contributed by atoms with E-state index >= 15 is 0 Å². The molecule has 3 atom stereocenters. The van der Waals surface area contributed by atoms with E-state index in [2.05, 4.69) is 18.0 Å². The molecule has 2 N–H and O–H groups in total. The summed E-state index contributed by atoms with van der Waals surface area (Å²) < 4.78 is 5.92. The Hall–Kier alpha value is -1.65. The molecule has 1 aromatic carbocycles. The Morgan fingerprint density at radius 2 is 1.55 bits per heavy atom. The largest absolute Gasteiger partial charge is 0.467 e. The van der Waals surface area contributed by atoms with Gasteiger partial charge in [0.1, 0.15) is 18.2 Å². The SMILES string of the molecule is CCCCCCCCCCCC/C=C/[C@H]1OC(c2ccccc2)=N[C@@H](CO)[C@H]1O. The lowest BCUT2D eigenvalue weighted by molar-refractivity contribution is 0.00959. The average molecular weight is 402 g/mol. The molecule has 0 unspecified atom stereocenters. The Kier molecular flexibility index (Phi) is 11.7. The van der Waals surface area contributed by atoms with Crippen LogP contribution in [0.4, 0.5) is 0 Å². The van der Waals surface area contributed by atoms with Crippen LogP contribution in [0.5, 0.6) is 0 Å². The van der Waals surface area contributed by atoms with Crippen LogP contribution < -0.4 is 0 Å². The fourth-order valence-electron chi connectivity index (χ4n) is 3.68. The first-order valence-corrected chi connectivity index (χ1v) is 11.5. The van der Waals surface area contributed by atoms with Crippen molar-refractivity contribution in [3.05, 3.63) is 48.0 Å². The Balaban J connectivity index is 1.67. The molecule has 29 heavy (non-hydrogen) atoms. The summed E-state index contributed by atoms with van der Waals surface area (Å²) in [4.78, 5) is 4.37. The number of hydrogen-bond acceptors (Lipinski definition) is 4. The third-order valence-electron chi connectivity index (χ3n) is 5.52. The number of allylic oxidation sites excluding steroid dienone is 1. The fraction of sp³-hybridized carbons (Fsp3) is 0.640. The maximum absolute atomic E-state index is 10.4. The predicted molar refractivity (Wildman–Crippen MR) is 120 cm³/mol. The van der Waals surface area contributed by atoms with Crippen molar-refractivity contribution < 1.29 is 14.9 Å². The van der Waals surface area contributed by atoms with Gasteiger partial charge in [-0.1, -0.05) is 89.0 Å². The zero-order valence-corrected chi connectivity index (χ0v) is 18.0. The van der Waals surface area contributed by atoms with Crippen molar-refractivity contribution >= 4 is 5.90 Å². The molecule has 0 saturated carbocycles. The van der Waals surface area contributed by atoms with Gasteiger partial charge in [-0.3, -0.25) is 0 Å². The minimum absolute atomic E-state index is 0.191. The highest BCUT2D eigenvalue weighted by atomic mass is 16.5. The van der Waals surface area contributed by atoms with E-state index in [4.69, 9.17) is 4.74 Å². The van der Waals surface area contributed by atoms with Gasteiger partial charge in [0.25, 0.3) is 0 Å². The van der Waals surface area contributed by atoms with Crippen LogP contribution in [-0.4, -0.2) is 41.0 Å². The van der Waals surface area contributed by atoms with Gasteiger partial charge in [0.15, 0.2) is 0 Å². The average Bonchev–Trinajstić information content (AvgIpc) is 2.76. The first-order chi connectivity index (χ1) is 14.3. The van der Waals surface area contributed by atoms with Crippen molar-refractivity contribution in [2.24, 2.45) is 4.99 Å². The van der Waals surface area contributed by atoms with Gasteiger partial charge < -0.3 is 14.9 Å². The molecule has 0 amide bonds. The lowest BCUT2D eigenvalue weighted by atomic mass is 10.0. The molecule has 2 rings (SSSR count). The summed E-state index contributed by atoms with van der Waals surface area (Å²) in [5.41, 5.74) is 0.867. The summed E-state index contributed by atoms with van der Waals surface area (Å²) in [5, 5.41) is 20.0. The molecule has 1 aliphatic heterocycles. The molecule has 1 aliphatic rings. The number of aliphatic hydroxyl groups is 2. The molecule has 162 valence electrons. The quantitative estimate of drug-likeness (QED) is 0.323. The number of rotatable bonds is 14. The molecule has 0 saturated heterocycles. The van der Waals surface area contributed by atoms with E-state index in [-0.39, 0.29) is 6.61 Å². The van der Waals surface area contributed by atoms with E-state index in [0.717, 1.165) is 18.4 Å². The fourth-order valence-corrected chi connectivity index (χ4v) is 3.68.